The molecule has 0 saturated carbocycles. The van der Waals surface area contributed by atoms with E-state index in [-0.39, 0.29) is 30.4 Å². The first-order chi connectivity index (χ1) is 24.9. The molecular formula is C38H48N6O5S2. The van der Waals surface area contributed by atoms with E-state index in [9.17, 15) is 14.4 Å². The van der Waals surface area contributed by atoms with Gasteiger partial charge in [0.1, 0.15) is 6.61 Å². The molecule has 2 aromatic carbocycles. The van der Waals surface area contributed by atoms with E-state index in [0.29, 0.717) is 64.8 Å². The smallest absolute Gasteiger partial charge is 0.407 e. The summed E-state index contributed by atoms with van der Waals surface area (Å²) < 4.78 is 11.0. The number of carbonyl (C=O) groups is 3. The lowest BCUT2D eigenvalue weighted by Gasteiger charge is -2.29. The summed E-state index contributed by atoms with van der Waals surface area (Å²) in [6, 6.07) is 19.1. The Labute approximate surface area is 308 Å². The quantitative estimate of drug-likeness (QED) is 0.121. The molecule has 0 aliphatic carbocycles. The maximum absolute atomic E-state index is 14.2. The number of urea groups is 1. The number of aromatic nitrogens is 2. The lowest BCUT2D eigenvalue weighted by atomic mass is 9.86. The zero-order valence-electron chi connectivity index (χ0n) is 29.2. The average Bonchev–Trinajstić information content (AvgIpc) is 3.87. The number of carbonyl (C=O) groups excluding carboxylic acids is 3. The fourth-order valence-electron chi connectivity index (χ4n) is 6.20. The van der Waals surface area contributed by atoms with Crippen LogP contribution in [0.1, 0.15) is 46.6 Å². The molecule has 4 aromatic rings. The Balaban J connectivity index is 1.27. The molecule has 1 saturated heterocycles. The Kier molecular flexibility index (Phi) is 15.4. The standard InChI is InChI=1S/C38H48N6O5S2/c1-43(25-33-23-39-27-50-33)37(46)42-35(14-15-44-16-18-48-19-17-44)36(45)22-31(20-29-8-4-2-5-9-29)12-13-32(21-30-10-6-3-7-11-30)41-38(47)49-26-34-24-40-28-51-34/h2-11,23-24,27-28,31-32,35H,12-22,25-26H2,1H3,(H,41,47)(H,42,46)/t31-,32-,35+/m1/s1. The maximum Gasteiger partial charge on any atom is 0.407 e. The highest BCUT2D eigenvalue weighted by Gasteiger charge is 2.27. The summed E-state index contributed by atoms with van der Waals surface area (Å²) in [7, 11) is 1.74. The van der Waals surface area contributed by atoms with Gasteiger partial charge in [0, 0.05) is 56.4 Å². The minimum absolute atomic E-state index is 0.00843. The lowest BCUT2D eigenvalue weighted by Crippen LogP contribution is -2.48. The van der Waals surface area contributed by atoms with Gasteiger partial charge in [0.05, 0.1) is 41.7 Å². The highest BCUT2D eigenvalue weighted by Crippen LogP contribution is 2.23. The first-order valence-electron chi connectivity index (χ1n) is 17.5. The third-order valence-corrected chi connectivity index (χ3v) is 10.5. The van der Waals surface area contributed by atoms with Gasteiger partial charge in [-0.2, -0.15) is 0 Å². The Morgan fingerprint density at radius 1 is 0.863 bits per heavy atom. The SMILES string of the molecule is CN(Cc1cncs1)C(=O)N[C@@H](CCN1CCOCC1)C(=O)C[C@H](CC[C@H](Cc1ccccc1)NC(=O)OCc1cncs1)Cc1ccccc1. The molecule has 51 heavy (non-hydrogen) atoms. The first kappa shape index (κ1) is 38.1. The van der Waals surface area contributed by atoms with E-state index in [1.165, 1.54) is 22.7 Å². The van der Waals surface area contributed by atoms with E-state index in [1.54, 1.807) is 35.4 Å². The van der Waals surface area contributed by atoms with Crippen molar-refractivity contribution in [1.29, 1.82) is 0 Å². The lowest BCUT2D eigenvalue weighted by molar-refractivity contribution is -0.122. The van der Waals surface area contributed by atoms with E-state index < -0.39 is 12.1 Å². The van der Waals surface area contributed by atoms with Gasteiger partial charge < -0.3 is 25.0 Å². The van der Waals surface area contributed by atoms with Crippen molar-refractivity contribution >= 4 is 40.6 Å². The van der Waals surface area contributed by atoms with Gasteiger partial charge in [-0.15, -0.1) is 22.7 Å². The van der Waals surface area contributed by atoms with Crippen LogP contribution >= 0.6 is 22.7 Å². The van der Waals surface area contributed by atoms with E-state index in [4.69, 9.17) is 9.47 Å². The van der Waals surface area contributed by atoms with E-state index >= 15 is 0 Å². The van der Waals surface area contributed by atoms with E-state index in [1.807, 2.05) is 36.4 Å². The van der Waals surface area contributed by atoms with Crippen LogP contribution in [-0.4, -0.2) is 89.7 Å². The van der Waals surface area contributed by atoms with Crippen LogP contribution in [0.3, 0.4) is 0 Å². The topological polar surface area (TPSA) is 126 Å². The summed E-state index contributed by atoms with van der Waals surface area (Å²) in [5.41, 5.74) is 5.70. The number of hydrogen-bond acceptors (Lipinski definition) is 10. The maximum atomic E-state index is 14.2. The zero-order valence-corrected chi connectivity index (χ0v) is 30.8. The van der Waals surface area contributed by atoms with Gasteiger partial charge in [-0.25, -0.2) is 9.59 Å². The van der Waals surface area contributed by atoms with Crippen molar-refractivity contribution < 1.29 is 23.9 Å². The fourth-order valence-corrected chi connectivity index (χ4v) is 7.36. The average molecular weight is 733 g/mol. The predicted molar refractivity (Wildman–Crippen MR) is 200 cm³/mol. The molecule has 0 radical (unpaired) electrons. The second-order valence-electron chi connectivity index (χ2n) is 12.9. The molecule has 1 fully saturated rings. The monoisotopic (exact) mass is 732 g/mol. The van der Waals surface area contributed by atoms with Crippen LogP contribution in [0.25, 0.3) is 0 Å². The molecule has 11 nitrogen and oxygen atoms in total. The van der Waals surface area contributed by atoms with Crippen LogP contribution in [0.5, 0.6) is 0 Å². The summed E-state index contributed by atoms with van der Waals surface area (Å²) >= 11 is 2.93. The molecule has 1 aliphatic heterocycles. The number of ether oxygens (including phenoxy) is 2. The molecule has 1 aliphatic rings. The predicted octanol–water partition coefficient (Wildman–Crippen LogP) is 5.97. The van der Waals surface area contributed by atoms with Gasteiger partial charge in [0.25, 0.3) is 0 Å². The summed E-state index contributed by atoms with van der Waals surface area (Å²) in [5.74, 6) is 0.00571. The second kappa shape index (κ2) is 20.6. The Bertz CT molecular complexity index is 1590. The highest BCUT2D eigenvalue weighted by molar-refractivity contribution is 7.09. The van der Waals surface area contributed by atoms with Gasteiger partial charge in [0.15, 0.2) is 5.78 Å². The summed E-state index contributed by atoms with van der Waals surface area (Å²) in [6.07, 6.45) is 6.47. The van der Waals surface area contributed by atoms with Gasteiger partial charge in [0.2, 0.25) is 0 Å². The fraction of sp³-hybridized carbons (Fsp3) is 0.447. The van der Waals surface area contributed by atoms with Crippen LogP contribution in [-0.2, 0) is 40.3 Å². The van der Waals surface area contributed by atoms with Crippen LogP contribution in [0, 0.1) is 5.92 Å². The number of rotatable bonds is 19. The second-order valence-corrected chi connectivity index (χ2v) is 14.9. The molecule has 0 unspecified atom stereocenters. The Hall–Kier alpha value is -4.17. The van der Waals surface area contributed by atoms with E-state index in [2.05, 4.69) is 49.8 Å². The van der Waals surface area contributed by atoms with Crippen LogP contribution in [0.4, 0.5) is 9.59 Å². The molecule has 0 bridgehead atoms. The molecule has 272 valence electrons. The van der Waals surface area contributed by atoms with Crippen molar-refractivity contribution in [3.63, 3.8) is 0 Å². The number of amides is 3. The van der Waals surface area contributed by atoms with Gasteiger partial charge in [-0.05, 0) is 49.1 Å². The van der Waals surface area contributed by atoms with Crippen molar-refractivity contribution in [2.24, 2.45) is 5.92 Å². The molecule has 0 spiro atoms. The molecule has 13 heteroatoms. The summed E-state index contributed by atoms with van der Waals surface area (Å²) in [6.45, 7) is 4.21. The molecule has 2 aromatic heterocycles. The van der Waals surface area contributed by atoms with Crippen LogP contribution in [0.15, 0.2) is 84.1 Å². The zero-order chi connectivity index (χ0) is 35.7. The largest absolute Gasteiger partial charge is 0.444 e. The normalized spacial score (nSPS) is 15.0. The number of Topliss-reactive ketones (excluding diaryl/α,β-unsaturated/α-hetero) is 1. The van der Waals surface area contributed by atoms with E-state index in [0.717, 1.165) is 34.0 Å². The third kappa shape index (κ3) is 13.5. The molecule has 3 atom stereocenters. The van der Waals surface area contributed by atoms with Crippen molar-refractivity contribution in [1.82, 2.24) is 30.4 Å². The number of ketones is 1. The number of alkyl carbamates (subject to hydrolysis) is 1. The van der Waals surface area contributed by atoms with Crippen molar-refractivity contribution in [3.8, 4) is 0 Å². The molecule has 5 rings (SSSR count). The number of nitrogens with zero attached hydrogens (tertiary/aromatic N) is 4. The number of thiazole rings is 2. The van der Waals surface area contributed by atoms with Crippen molar-refractivity contribution in [2.75, 3.05) is 39.9 Å². The minimum Gasteiger partial charge on any atom is -0.444 e. The van der Waals surface area contributed by atoms with Crippen LogP contribution in [0.2, 0.25) is 0 Å². The third-order valence-electron chi connectivity index (χ3n) is 9.00. The number of benzene rings is 2. The Morgan fingerprint density at radius 2 is 1.51 bits per heavy atom. The first-order valence-corrected chi connectivity index (χ1v) is 19.3. The molecule has 2 N–H and O–H groups in total. The highest BCUT2D eigenvalue weighted by atomic mass is 32.1. The van der Waals surface area contributed by atoms with Gasteiger partial charge in [-0.1, -0.05) is 60.7 Å². The number of morpholine rings is 1. The van der Waals surface area contributed by atoms with Gasteiger partial charge in [-0.3, -0.25) is 19.7 Å². The molecule has 3 amide bonds. The minimum atomic E-state index is -0.637. The Morgan fingerprint density at radius 3 is 2.16 bits per heavy atom. The summed E-state index contributed by atoms with van der Waals surface area (Å²) in [4.78, 5) is 54.4. The number of hydrogen-bond donors (Lipinski definition) is 2. The number of nitrogens with one attached hydrogen (secondary N) is 2. The van der Waals surface area contributed by atoms with Crippen LogP contribution < -0.4 is 10.6 Å². The summed E-state index contributed by atoms with van der Waals surface area (Å²) in [5, 5.41) is 6.17. The molecular weight excluding hydrogens is 685 g/mol. The molecule has 3 heterocycles. The van der Waals surface area contributed by atoms with Crippen molar-refractivity contribution in [2.45, 2.75) is 63.8 Å². The van der Waals surface area contributed by atoms with Gasteiger partial charge >= 0.3 is 12.1 Å². The van der Waals surface area contributed by atoms with Crippen molar-refractivity contribution in [3.05, 3.63) is 105 Å².